The van der Waals surface area contributed by atoms with Crippen molar-refractivity contribution in [2.75, 3.05) is 5.32 Å². The van der Waals surface area contributed by atoms with E-state index in [-0.39, 0.29) is 11.5 Å². The Morgan fingerprint density at radius 3 is 3.11 bits per heavy atom. The minimum Gasteiger partial charge on any atom is -0.366 e. The molecule has 0 bridgehead atoms. The number of aromatic nitrogens is 4. The molecule has 2 N–H and O–H groups in total. The molecule has 0 atom stereocenters. The number of hydrogen-bond acceptors (Lipinski definition) is 4. The zero-order chi connectivity index (χ0) is 13.2. The SMILES string of the molecule is O=c1[nH]nc2cc(NCc3cccc(F)c3)ncn12. The first-order chi connectivity index (χ1) is 9.22. The van der Waals surface area contributed by atoms with Gasteiger partial charge in [-0.2, -0.15) is 5.10 Å². The molecule has 0 aliphatic heterocycles. The number of hydrogen-bond donors (Lipinski definition) is 2. The van der Waals surface area contributed by atoms with Crippen LogP contribution in [0.4, 0.5) is 10.2 Å². The molecule has 96 valence electrons. The Kier molecular flexibility index (Phi) is 2.71. The van der Waals surface area contributed by atoms with Gasteiger partial charge in [0.1, 0.15) is 18.0 Å². The minimum atomic E-state index is -0.334. The molecule has 1 aromatic carbocycles. The molecular formula is C12H10FN5O. The summed E-state index contributed by atoms with van der Waals surface area (Å²) in [7, 11) is 0. The first-order valence-electron chi connectivity index (χ1n) is 5.63. The summed E-state index contributed by atoms with van der Waals surface area (Å²) < 4.78 is 14.3. The van der Waals surface area contributed by atoms with Crippen molar-refractivity contribution in [2.24, 2.45) is 0 Å². The van der Waals surface area contributed by atoms with E-state index in [1.165, 1.54) is 22.9 Å². The zero-order valence-electron chi connectivity index (χ0n) is 9.80. The number of nitrogens with one attached hydrogen (secondary N) is 2. The molecule has 3 rings (SSSR count). The van der Waals surface area contributed by atoms with Gasteiger partial charge in [-0.1, -0.05) is 12.1 Å². The van der Waals surface area contributed by atoms with Crippen molar-refractivity contribution in [1.29, 1.82) is 0 Å². The molecule has 19 heavy (non-hydrogen) atoms. The van der Waals surface area contributed by atoms with Crippen LogP contribution >= 0.6 is 0 Å². The maximum atomic E-state index is 13.0. The van der Waals surface area contributed by atoms with Crippen LogP contribution in [0.15, 0.2) is 41.5 Å². The van der Waals surface area contributed by atoms with Crippen LogP contribution in [0.1, 0.15) is 5.56 Å². The van der Waals surface area contributed by atoms with E-state index in [1.807, 2.05) is 6.07 Å². The van der Waals surface area contributed by atoms with Crippen molar-refractivity contribution in [3.05, 3.63) is 58.5 Å². The highest BCUT2D eigenvalue weighted by Gasteiger charge is 2.02. The molecule has 0 saturated carbocycles. The topological polar surface area (TPSA) is 75.1 Å². The molecule has 0 aliphatic rings. The lowest BCUT2D eigenvalue weighted by molar-refractivity contribution is 0.626. The third kappa shape index (κ3) is 2.30. The largest absolute Gasteiger partial charge is 0.366 e. The maximum Gasteiger partial charge on any atom is 0.348 e. The first-order valence-corrected chi connectivity index (χ1v) is 5.63. The number of anilines is 1. The molecular weight excluding hydrogens is 249 g/mol. The minimum absolute atomic E-state index is 0.276. The van der Waals surface area contributed by atoms with E-state index in [4.69, 9.17) is 0 Å². The number of aromatic amines is 1. The number of fused-ring (bicyclic) bond motifs is 1. The predicted molar refractivity (Wildman–Crippen MR) is 67.3 cm³/mol. The average molecular weight is 259 g/mol. The van der Waals surface area contributed by atoms with Crippen LogP contribution in [0.3, 0.4) is 0 Å². The number of halogens is 1. The Hall–Kier alpha value is -2.70. The summed E-state index contributed by atoms with van der Waals surface area (Å²) in [4.78, 5) is 15.3. The lowest BCUT2D eigenvalue weighted by atomic mass is 10.2. The lowest BCUT2D eigenvalue weighted by Crippen LogP contribution is -2.10. The van der Waals surface area contributed by atoms with Gasteiger partial charge in [-0.15, -0.1) is 0 Å². The van der Waals surface area contributed by atoms with Crippen LogP contribution < -0.4 is 11.0 Å². The highest BCUT2D eigenvalue weighted by Crippen LogP contribution is 2.08. The highest BCUT2D eigenvalue weighted by atomic mass is 19.1. The second-order valence-electron chi connectivity index (χ2n) is 4.01. The fourth-order valence-electron chi connectivity index (χ4n) is 1.75. The van der Waals surface area contributed by atoms with Crippen molar-refractivity contribution < 1.29 is 4.39 Å². The lowest BCUT2D eigenvalue weighted by Gasteiger charge is -2.05. The van der Waals surface area contributed by atoms with Crippen LogP contribution in [0.25, 0.3) is 5.65 Å². The van der Waals surface area contributed by atoms with Crippen LogP contribution in [0, 0.1) is 5.82 Å². The Bertz CT molecular complexity index is 779. The first kappa shape index (κ1) is 11.4. The Balaban J connectivity index is 1.80. The van der Waals surface area contributed by atoms with Gasteiger partial charge in [0.2, 0.25) is 0 Å². The number of H-pyrrole nitrogens is 1. The van der Waals surface area contributed by atoms with E-state index in [0.29, 0.717) is 18.0 Å². The molecule has 0 radical (unpaired) electrons. The summed E-state index contributed by atoms with van der Waals surface area (Å²) in [5.74, 6) is 0.289. The fourth-order valence-corrected chi connectivity index (χ4v) is 1.75. The molecule has 0 saturated heterocycles. The smallest absolute Gasteiger partial charge is 0.348 e. The third-order valence-electron chi connectivity index (χ3n) is 2.67. The molecule has 2 aromatic heterocycles. The second kappa shape index (κ2) is 4.52. The third-order valence-corrected chi connectivity index (χ3v) is 2.67. The highest BCUT2D eigenvalue weighted by molar-refractivity contribution is 5.48. The van der Waals surface area contributed by atoms with Crippen LogP contribution in [0.5, 0.6) is 0 Å². The molecule has 0 fully saturated rings. The van der Waals surface area contributed by atoms with Gasteiger partial charge in [-0.05, 0) is 17.7 Å². The van der Waals surface area contributed by atoms with Gasteiger partial charge in [0.05, 0.1) is 0 Å². The molecule has 0 amide bonds. The standard InChI is InChI=1S/C12H10FN5O/c13-9-3-1-2-8(4-9)6-14-10-5-11-16-17-12(19)18(11)7-15-10/h1-5,7,14H,6H2,(H,17,19). The van der Waals surface area contributed by atoms with Crippen molar-refractivity contribution >= 4 is 11.5 Å². The van der Waals surface area contributed by atoms with E-state index >= 15 is 0 Å². The molecule has 6 nitrogen and oxygen atoms in total. The summed E-state index contributed by atoms with van der Waals surface area (Å²) in [5, 5.41) is 9.20. The monoisotopic (exact) mass is 259 g/mol. The molecule has 3 aromatic rings. The van der Waals surface area contributed by atoms with Crippen LogP contribution in [-0.4, -0.2) is 19.6 Å². The Morgan fingerprint density at radius 1 is 1.37 bits per heavy atom. The van der Waals surface area contributed by atoms with E-state index in [0.717, 1.165) is 5.56 Å². The van der Waals surface area contributed by atoms with Crippen molar-refractivity contribution in [3.63, 3.8) is 0 Å². The average Bonchev–Trinajstić information content (AvgIpc) is 2.78. The maximum absolute atomic E-state index is 13.0. The van der Waals surface area contributed by atoms with Crippen molar-refractivity contribution in [2.45, 2.75) is 6.54 Å². The van der Waals surface area contributed by atoms with Gasteiger partial charge >= 0.3 is 5.69 Å². The second-order valence-corrected chi connectivity index (χ2v) is 4.01. The van der Waals surface area contributed by atoms with E-state index in [2.05, 4.69) is 20.5 Å². The summed E-state index contributed by atoms with van der Waals surface area (Å²) in [5.41, 5.74) is 0.946. The van der Waals surface area contributed by atoms with Crippen molar-refractivity contribution in [1.82, 2.24) is 19.6 Å². The van der Waals surface area contributed by atoms with Crippen LogP contribution in [-0.2, 0) is 6.54 Å². The molecule has 0 spiro atoms. The number of benzene rings is 1. The number of rotatable bonds is 3. The normalized spacial score (nSPS) is 10.8. The van der Waals surface area contributed by atoms with E-state index in [1.54, 1.807) is 12.1 Å². The zero-order valence-corrected chi connectivity index (χ0v) is 9.80. The fraction of sp³-hybridized carbons (Fsp3) is 0.0833. The summed E-state index contributed by atoms with van der Waals surface area (Å²) in [6.45, 7) is 0.440. The predicted octanol–water partition coefficient (Wildman–Crippen LogP) is 1.17. The van der Waals surface area contributed by atoms with Gasteiger partial charge in [0.15, 0.2) is 5.65 Å². The quantitative estimate of drug-likeness (QED) is 0.740. The molecule has 0 aliphatic carbocycles. The van der Waals surface area contributed by atoms with Gasteiger partial charge in [-0.25, -0.2) is 23.7 Å². The van der Waals surface area contributed by atoms with Gasteiger partial charge in [0, 0.05) is 12.6 Å². The molecule has 7 heteroatoms. The van der Waals surface area contributed by atoms with Crippen LogP contribution in [0.2, 0.25) is 0 Å². The van der Waals surface area contributed by atoms with Gasteiger partial charge in [-0.3, -0.25) is 0 Å². The number of nitrogens with zero attached hydrogens (tertiary/aromatic N) is 3. The Labute approximate surface area is 106 Å². The summed E-state index contributed by atoms with van der Waals surface area (Å²) in [6.07, 6.45) is 1.38. The van der Waals surface area contributed by atoms with E-state index < -0.39 is 0 Å². The molecule has 2 heterocycles. The van der Waals surface area contributed by atoms with Gasteiger partial charge in [0.25, 0.3) is 0 Å². The van der Waals surface area contributed by atoms with Gasteiger partial charge < -0.3 is 5.32 Å². The Morgan fingerprint density at radius 2 is 2.26 bits per heavy atom. The van der Waals surface area contributed by atoms with E-state index in [9.17, 15) is 9.18 Å². The van der Waals surface area contributed by atoms with Crippen molar-refractivity contribution in [3.8, 4) is 0 Å². The summed E-state index contributed by atoms with van der Waals surface area (Å²) in [6, 6.07) is 7.94. The molecule has 0 unspecified atom stereocenters. The summed E-state index contributed by atoms with van der Waals surface area (Å²) >= 11 is 0.